The van der Waals surface area contributed by atoms with E-state index in [9.17, 15) is 0 Å². The molecular formula is C29H31Cl3SiTi. The molecule has 0 fully saturated rings. The van der Waals surface area contributed by atoms with E-state index < -0.39 is 8.07 Å². The summed E-state index contributed by atoms with van der Waals surface area (Å²) in [6, 6.07) is 29.6. The molecule has 0 N–H and O–H groups in total. The zero-order valence-corrected chi connectivity index (χ0v) is 25.5. The maximum atomic E-state index is 2.54. The Labute approximate surface area is 237 Å². The normalized spacial score (nSPS) is 17.6. The molecule has 0 aromatic heterocycles. The zero-order valence-electron chi connectivity index (χ0n) is 20.6. The van der Waals surface area contributed by atoms with Gasteiger partial charge in [0.25, 0.3) is 0 Å². The molecule has 1 atom stereocenters. The van der Waals surface area contributed by atoms with Gasteiger partial charge in [0, 0.05) is 0 Å². The number of benzene rings is 3. The van der Waals surface area contributed by atoms with Crippen LogP contribution in [-0.4, -0.2) is 8.07 Å². The number of rotatable bonds is 4. The van der Waals surface area contributed by atoms with Crippen LogP contribution in [-0.2, 0) is 20.4 Å². The smallest absolute Gasteiger partial charge is 1.00 e. The van der Waals surface area contributed by atoms with Crippen LogP contribution in [0.5, 0.6) is 0 Å². The third-order valence-corrected chi connectivity index (χ3v) is 15.6. The number of hydrogen-bond donors (Lipinski definition) is 0. The second-order valence-electron chi connectivity index (χ2n) is 9.12. The van der Waals surface area contributed by atoms with Gasteiger partial charge in [-0.3, -0.25) is 0 Å². The van der Waals surface area contributed by atoms with Crippen LogP contribution in [0, 0.1) is 13.8 Å². The van der Waals surface area contributed by atoms with E-state index in [1.54, 1.807) is 5.19 Å². The summed E-state index contributed by atoms with van der Waals surface area (Å²) in [6.07, 6.45) is 0. The van der Waals surface area contributed by atoms with Crippen molar-refractivity contribution >= 4 is 23.6 Å². The van der Waals surface area contributed by atoms with Gasteiger partial charge in [-0.1, -0.05) is 0 Å². The molecule has 5 heteroatoms. The first-order chi connectivity index (χ1) is 14.8. The Bertz CT molecular complexity index is 1120. The Hall–Kier alpha value is -1.06. The van der Waals surface area contributed by atoms with Gasteiger partial charge < -0.3 is 37.2 Å². The van der Waals surface area contributed by atoms with Crippen molar-refractivity contribution in [2.24, 2.45) is 0 Å². The van der Waals surface area contributed by atoms with Crippen LogP contribution in [0.4, 0.5) is 0 Å². The molecule has 3 aromatic carbocycles. The van der Waals surface area contributed by atoms with Crippen molar-refractivity contribution in [3.8, 4) is 0 Å². The van der Waals surface area contributed by atoms with Crippen molar-refractivity contribution in [2.45, 2.75) is 46.6 Å². The molecule has 0 bridgehead atoms. The zero-order chi connectivity index (χ0) is 22.4. The maximum absolute atomic E-state index is 2.54. The maximum Gasteiger partial charge on any atom is -1.00 e. The predicted octanol–water partition coefficient (Wildman–Crippen LogP) is -3.28. The molecule has 1 aliphatic rings. The van der Waals surface area contributed by atoms with E-state index in [1.807, 2.05) is 0 Å². The minimum atomic E-state index is -2.53. The molecule has 4 rings (SSSR count). The molecule has 1 unspecified atom stereocenters. The molecule has 0 aliphatic heterocycles. The van der Waals surface area contributed by atoms with Crippen molar-refractivity contribution in [1.29, 1.82) is 0 Å². The van der Waals surface area contributed by atoms with Gasteiger partial charge in [0.2, 0.25) is 0 Å². The Kier molecular flexibility index (Phi) is 10.7. The monoisotopic (exact) mass is 560 g/mol. The van der Waals surface area contributed by atoms with Crippen LogP contribution in [0.2, 0.25) is 5.04 Å². The van der Waals surface area contributed by atoms with E-state index in [-0.39, 0.29) is 42.3 Å². The van der Waals surface area contributed by atoms with Gasteiger partial charge in [0.1, 0.15) is 0 Å². The second-order valence-corrected chi connectivity index (χ2v) is 14.1. The van der Waals surface area contributed by atoms with Gasteiger partial charge in [0.05, 0.1) is 0 Å². The molecule has 1 aliphatic carbocycles. The van der Waals surface area contributed by atoms with Gasteiger partial charge in [-0.2, -0.15) is 0 Å². The summed E-state index contributed by atoms with van der Waals surface area (Å²) < 4.78 is 1.53. The molecule has 0 radical (unpaired) electrons. The first kappa shape index (κ1) is 31.0. The molecule has 34 heavy (non-hydrogen) atoms. The Morgan fingerprint density at radius 3 is 1.35 bits per heavy atom. The summed E-state index contributed by atoms with van der Waals surface area (Å²) in [7, 11) is -2.53. The van der Waals surface area contributed by atoms with E-state index in [0.29, 0.717) is 0 Å². The van der Waals surface area contributed by atoms with Gasteiger partial charge in [-0.05, 0) is 0 Å². The fourth-order valence-corrected chi connectivity index (χ4v) is 14.0. The van der Waals surface area contributed by atoms with E-state index in [4.69, 9.17) is 0 Å². The summed E-state index contributed by atoms with van der Waals surface area (Å²) in [5.74, 6) is 0. The predicted molar refractivity (Wildman–Crippen MR) is 133 cm³/mol. The van der Waals surface area contributed by atoms with Crippen LogP contribution in [0.1, 0.15) is 38.8 Å². The van der Waals surface area contributed by atoms with Crippen LogP contribution >= 0.6 is 0 Å². The average Bonchev–Trinajstić information content (AvgIpc) is 2.93. The Morgan fingerprint density at radius 2 is 1.00 bits per heavy atom. The molecule has 3 aromatic rings. The first-order valence-electron chi connectivity index (χ1n) is 11.1. The Balaban J connectivity index is 0.00000193. The van der Waals surface area contributed by atoms with Crippen molar-refractivity contribution in [3.05, 3.63) is 111 Å². The van der Waals surface area contributed by atoms with E-state index >= 15 is 0 Å². The first-order valence-corrected chi connectivity index (χ1v) is 13.8. The number of allylic oxidation sites excluding steroid dienone is 4. The van der Waals surface area contributed by atoms with E-state index in [1.165, 1.54) is 42.1 Å². The summed E-state index contributed by atoms with van der Waals surface area (Å²) in [5, 5.41) is 4.50. The largest absolute Gasteiger partial charge is 1.00 e. The van der Waals surface area contributed by atoms with E-state index in [2.05, 4.69) is 141 Å². The molecular weight excluding hydrogens is 531 g/mol. The molecule has 0 heterocycles. The fraction of sp³-hybridized carbons (Fsp3) is 0.241. The molecule has 0 amide bonds. The SMILES string of the molecule is CC1=C(C)C(C)([Si](c2ccccc2)(c2ccccc2)c2c(C)cccc2C)[C]([Ti+3])=C1C.[Cl-].[Cl-].[Cl-]. The summed E-state index contributed by atoms with van der Waals surface area (Å²) in [6.45, 7) is 14.2. The summed E-state index contributed by atoms with van der Waals surface area (Å²) in [5.41, 5.74) is 7.28. The summed E-state index contributed by atoms with van der Waals surface area (Å²) in [4.78, 5) is 0. The minimum absolute atomic E-state index is 0. The Morgan fingerprint density at radius 1 is 0.588 bits per heavy atom. The third kappa shape index (κ3) is 4.34. The van der Waals surface area contributed by atoms with Gasteiger partial charge in [-0.15, -0.1) is 0 Å². The van der Waals surface area contributed by atoms with Crippen LogP contribution in [0.25, 0.3) is 0 Å². The van der Waals surface area contributed by atoms with Crippen molar-refractivity contribution in [3.63, 3.8) is 0 Å². The number of hydrogen-bond acceptors (Lipinski definition) is 0. The molecule has 0 saturated heterocycles. The van der Waals surface area contributed by atoms with Crippen LogP contribution < -0.4 is 52.8 Å². The standard InChI is InChI=1S/C29H31Si.3ClH.Ti/c1-21-14-13-15-22(2)28(21)30(26-16-9-7-10-17-26,27-18-11-8-12-19-27)29(6)20-23(3)24(4)25(29)5;;;;/h7-19H,1-6H3;3*1H;/q;;;;+3/p-3. The van der Waals surface area contributed by atoms with Gasteiger partial charge >= 0.3 is 201 Å². The van der Waals surface area contributed by atoms with Crippen molar-refractivity contribution in [1.82, 2.24) is 0 Å². The second kappa shape index (κ2) is 11.8. The number of aryl methyl sites for hydroxylation is 2. The van der Waals surface area contributed by atoms with Gasteiger partial charge in [0.15, 0.2) is 0 Å². The summed E-state index contributed by atoms with van der Waals surface area (Å²) >= 11 is 2.39. The van der Waals surface area contributed by atoms with Crippen LogP contribution in [0.3, 0.4) is 0 Å². The van der Waals surface area contributed by atoms with Gasteiger partial charge in [-0.25, -0.2) is 0 Å². The molecule has 0 spiro atoms. The third-order valence-electron chi connectivity index (χ3n) is 7.77. The van der Waals surface area contributed by atoms with Crippen LogP contribution in [0.15, 0.2) is 99.5 Å². The molecule has 0 saturated carbocycles. The molecule has 176 valence electrons. The van der Waals surface area contributed by atoms with Crippen molar-refractivity contribution in [2.75, 3.05) is 0 Å². The fourth-order valence-electron chi connectivity index (χ4n) is 5.94. The minimum Gasteiger partial charge on any atom is -1.00 e. The number of halogens is 3. The topological polar surface area (TPSA) is 0 Å². The quantitative estimate of drug-likeness (QED) is 0.232. The van der Waals surface area contributed by atoms with Crippen molar-refractivity contribution < 1.29 is 57.7 Å². The van der Waals surface area contributed by atoms with E-state index in [0.717, 1.165) is 0 Å². The molecule has 0 nitrogen and oxygen atoms in total. The average molecular weight is 562 g/mol.